The summed E-state index contributed by atoms with van der Waals surface area (Å²) in [6.07, 6.45) is 10.5. The molecule has 4 nitrogen and oxygen atoms in total. The summed E-state index contributed by atoms with van der Waals surface area (Å²) in [5, 5.41) is 2.68. The van der Waals surface area contributed by atoms with E-state index < -0.39 is 12.0 Å². The highest BCUT2D eigenvalue weighted by Crippen LogP contribution is 2.23. The van der Waals surface area contributed by atoms with Crippen LogP contribution in [0.5, 0.6) is 0 Å². The Labute approximate surface area is 102 Å². The Kier molecular flexibility index (Phi) is 5.55. The number of hydrogen-bond donors (Lipinski definition) is 1. The van der Waals surface area contributed by atoms with Gasteiger partial charge in [0, 0.05) is 12.3 Å². The zero-order chi connectivity index (χ0) is 12.7. The lowest BCUT2D eigenvalue weighted by atomic mass is 9.88. The molecule has 1 fully saturated rings. The highest BCUT2D eigenvalue weighted by Gasteiger charge is 2.26. The lowest BCUT2D eigenvalue weighted by Crippen LogP contribution is -2.44. The van der Waals surface area contributed by atoms with Gasteiger partial charge in [-0.05, 0) is 12.8 Å². The molecule has 1 saturated carbocycles. The van der Waals surface area contributed by atoms with Crippen molar-refractivity contribution in [2.24, 2.45) is 5.92 Å². The summed E-state index contributed by atoms with van der Waals surface area (Å²) in [7, 11) is 1.29. The largest absolute Gasteiger partial charge is 0.467 e. The molecule has 17 heavy (non-hydrogen) atoms. The van der Waals surface area contributed by atoms with Crippen LogP contribution in [0.15, 0.2) is 0 Å². The zero-order valence-electron chi connectivity index (χ0n) is 10.2. The number of esters is 1. The van der Waals surface area contributed by atoms with Crippen LogP contribution in [0.4, 0.5) is 0 Å². The van der Waals surface area contributed by atoms with Crippen molar-refractivity contribution in [1.29, 1.82) is 0 Å². The Morgan fingerprint density at radius 3 is 2.59 bits per heavy atom. The van der Waals surface area contributed by atoms with Gasteiger partial charge in [-0.3, -0.25) is 4.79 Å². The monoisotopic (exact) mass is 237 g/mol. The van der Waals surface area contributed by atoms with Crippen LogP contribution in [0, 0.1) is 18.3 Å². The van der Waals surface area contributed by atoms with E-state index in [9.17, 15) is 9.59 Å². The first-order chi connectivity index (χ1) is 8.19. The maximum absolute atomic E-state index is 11.9. The quantitative estimate of drug-likeness (QED) is 0.591. The van der Waals surface area contributed by atoms with Gasteiger partial charge in [-0.15, -0.1) is 12.3 Å². The number of ether oxygens (including phenoxy) is 1. The molecule has 0 saturated heterocycles. The van der Waals surface area contributed by atoms with Crippen LogP contribution in [-0.4, -0.2) is 25.0 Å². The van der Waals surface area contributed by atoms with Crippen LogP contribution in [0.2, 0.25) is 0 Å². The molecule has 1 atom stereocenters. The van der Waals surface area contributed by atoms with Gasteiger partial charge in [-0.1, -0.05) is 19.3 Å². The summed E-state index contributed by atoms with van der Waals surface area (Å²) in [5.74, 6) is 1.84. The minimum absolute atomic E-state index is 0.0219. The average Bonchev–Trinajstić information content (AvgIpc) is 2.38. The molecule has 0 unspecified atom stereocenters. The van der Waals surface area contributed by atoms with Crippen molar-refractivity contribution in [3.05, 3.63) is 0 Å². The Bertz CT molecular complexity index is 313. The molecule has 0 radical (unpaired) electrons. The normalized spacial score (nSPS) is 17.9. The molecule has 0 spiro atoms. The average molecular weight is 237 g/mol. The van der Waals surface area contributed by atoms with Crippen molar-refractivity contribution in [1.82, 2.24) is 5.32 Å². The van der Waals surface area contributed by atoms with E-state index in [1.54, 1.807) is 0 Å². The third kappa shape index (κ3) is 4.10. The molecule has 1 amide bonds. The Hall–Kier alpha value is -1.50. The highest BCUT2D eigenvalue weighted by molar-refractivity contribution is 5.85. The minimum Gasteiger partial charge on any atom is -0.467 e. The predicted octanol–water partition coefficient (Wildman–Crippen LogP) is 1.25. The van der Waals surface area contributed by atoms with Gasteiger partial charge >= 0.3 is 5.97 Å². The van der Waals surface area contributed by atoms with Crippen molar-refractivity contribution in [3.63, 3.8) is 0 Å². The number of hydrogen-bond acceptors (Lipinski definition) is 3. The number of carbonyl (C=O) groups excluding carboxylic acids is 2. The zero-order valence-corrected chi connectivity index (χ0v) is 10.2. The Balaban J connectivity index is 2.51. The predicted molar refractivity (Wildman–Crippen MR) is 64.0 cm³/mol. The second kappa shape index (κ2) is 6.95. The van der Waals surface area contributed by atoms with Crippen LogP contribution in [0.25, 0.3) is 0 Å². The topological polar surface area (TPSA) is 55.4 Å². The van der Waals surface area contributed by atoms with Crippen molar-refractivity contribution in [2.75, 3.05) is 7.11 Å². The molecule has 1 N–H and O–H groups in total. The summed E-state index contributed by atoms with van der Waals surface area (Å²) >= 11 is 0. The molecule has 0 heterocycles. The summed E-state index contributed by atoms with van der Waals surface area (Å²) in [4.78, 5) is 23.3. The fourth-order valence-electron chi connectivity index (χ4n) is 2.11. The SMILES string of the molecule is C#CC[C@H](NC(=O)C1CCCCC1)C(=O)OC. The van der Waals surface area contributed by atoms with Gasteiger partial charge in [-0.25, -0.2) is 4.79 Å². The van der Waals surface area contributed by atoms with Crippen LogP contribution in [-0.2, 0) is 14.3 Å². The molecule has 1 aliphatic rings. The van der Waals surface area contributed by atoms with Gasteiger partial charge in [0.25, 0.3) is 0 Å². The fraction of sp³-hybridized carbons (Fsp3) is 0.692. The van der Waals surface area contributed by atoms with Gasteiger partial charge in [0.15, 0.2) is 0 Å². The number of amides is 1. The molecular weight excluding hydrogens is 218 g/mol. The molecule has 0 aromatic heterocycles. The van der Waals surface area contributed by atoms with Gasteiger partial charge in [0.1, 0.15) is 6.04 Å². The molecule has 94 valence electrons. The number of methoxy groups -OCH3 is 1. The van der Waals surface area contributed by atoms with Crippen LogP contribution >= 0.6 is 0 Å². The van der Waals surface area contributed by atoms with Gasteiger partial charge < -0.3 is 10.1 Å². The van der Waals surface area contributed by atoms with Gasteiger partial charge in [0.05, 0.1) is 7.11 Å². The van der Waals surface area contributed by atoms with Crippen LogP contribution in [0.3, 0.4) is 0 Å². The van der Waals surface area contributed by atoms with Crippen LogP contribution < -0.4 is 5.32 Å². The standard InChI is InChI=1S/C13H19NO3/c1-3-7-11(13(16)17-2)14-12(15)10-8-5-4-6-9-10/h1,10-11H,4-9H2,2H3,(H,14,15)/t11-/m0/s1. The summed E-state index contributed by atoms with van der Waals surface area (Å²) < 4.78 is 4.60. The maximum Gasteiger partial charge on any atom is 0.329 e. The maximum atomic E-state index is 11.9. The third-order valence-electron chi connectivity index (χ3n) is 3.10. The number of nitrogens with one attached hydrogen (secondary N) is 1. The second-order valence-electron chi connectivity index (χ2n) is 4.33. The molecule has 4 heteroatoms. The van der Waals surface area contributed by atoms with E-state index in [2.05, 4.69) is 16.0 Å². The Morgan fingerprint density at radius 1 is 1.41 bits per heavy atom. The summed E-state index contributed by atoms with van der Waals surface area (Å²) in [6.45, 7) is 0. The number of terminal acetylenes is 1. The van der Waals surface area contributed by atoms with Gasteiger partial charge in [0.2, 0.25) is 5.91 Å². The van der Waals surface area contributed by atoms with Crippen molar-refractivity contribution in [3.8, 4) is 12.3 Å². The van der Waals surface area contributed by atoms with Crippen molar-refractivity contribution < 1.29 is 14.3 Å². The number of carbonyl (C=O) groups is 2. The first-order valence-electron chi connectivity index (χ1n) is 6.00. The van der Waals surface area contributed by atoms with E-state index in [4.69, 9.17) is 6.42 Å². The third-order valence-corrected chi connectivity index (χ3v) is 3.10. The van der Waals surface area contributed by atoms with Crippen molar-refractivity contribution in [2.45, 2.75) is 44.6 Å². The van der Waals surface area contributed by atoms with Crippen LogP contribution in [0.1, 0.15) is 38.5 Å². The van der Waals surface area contributed by atoms with E-state index in [0.717, 1.165) is 25.7 Å². The highest BCUT2D eigenvalue weighted by atomic mass is 16.5. The molecule has 0 aromatic carbocycles. The molecule has 1 rings (SSSR count). The molecule has 1 aliphatic carbocycles. The summed E-state index contributed by atoms with van der Waals surface area (Å²) in [5.41, 5.74) is 0. The first kappa shape index (κ1) is 13.6. The smallest absolute Gasteiger partial charge is 0.329 e. The summed E-state index contributed by atoms with van der Waals surface area (Å²) in [6, 6.07) is -0.709. The van der Waals surface area contributed by atoms with E-state index in [1.807, 2.05) is 0 Å². The molecule has 0 aliphatic heterocycles. The van der Waals surface area contributed by atoms with E-state index in [0.29, 0.717) is 0 Å². The van der Waals surface area contributed by atoms with E-state index in [1.165, 1.54) is 13.5 Å². The minimum atomic E-state index is -0.709. The Morgan fingerprint density at radius 2 is 2.06 bits per heavy atom. The lowest BCUT2D eigenvalue weighted by Gasteiger charge is -2.23. The molecule has 0 bridgehead atoms. The molecule has 0 aromatic rings. The van der Waals surface area contributed by atoms with Crippen molar-refractivity contribution >= 4 is 11.9 Å². The van der Waals surface area contributed by atoms with E-state index >= 15 is 0 Å². The number of rotatable bonds is 4. The second-order valence-corrected chi connectivity index (χ2v) is 4.33. The fourth-order valence-corrected chi connectivity index (χ4v) is 2.11. The first-order valence-corrected chi connectivity index (χ1v) is 6.00. The van der Waals surface area contributed by atoms with E-state index in [-0.39, 0.29) is 18.2 Å². The molecular formula is C13H19NO3. The lowest BCUT2D eigenvalue weighted by molar-refractivity contribution is -0.145. The van der Waals surface area contributed by atoms with Gasteiger partial charge in [-0.2, -0.15) is 0 Å².